The number of rotatable bonds is 5. The Kier molecular flexibility index (Phi) is 6.20. The van der Waals surface area contributed by atoms with Crippen LogP contribution in [-0.2, 0) is 12.7 Å². The number of aromatic nitrogens is 2. The standard InChI is InChI=1S/C21H22F3N5O2S/c1-25-20(30)14-12-32-19-15(21(22,23)24)10-16(27-18(14)19)29-8-6-28(7-9-29)11-13-4-3-5-17(26-13)31-2/h3-5,10,12H,6-9,11H2,1-2H3,(H,25,30). The normalized spacial score (nSPS) is 15.2. The first-order valence-corrected chi connectivity index (χ1v) is 10.9. The molecule has 0 bridgehead atoms. The number of anilines is 1. The molecule has 4 rings (SSSR count). The van der Waals surface area contributed by atoms with Crippen molar-refractivity contribution in [3.63, 3.8) is 0 Å². The molecular formula is C21H22F3N5O2S. The van der Waals surface area contributed by atoms with E-state index in [-0.39, 0.29) is 21.6 Å². The second-order valence-electron chi connectivity index (χ2n) is 7.37. The van der Waals surface area contributed by atoms with Gasteiger partial charge >= 0.3 is 6.18 Å². The summed E-state index contributed by atoms with van der Waals surface area (Å²) >= 11 is 0.884. The highest BCUT2D eigenvalue weighted by atomic mass is 32.1. The number of nitrogens with zero attached hydrogens (tertiary/aromatic N) is 4. The van der Waals surface area contributed by atoms with E-state index in [2.05, 4.69) is 20.2 Å². The number of amides is 1. The Morgan fingerprint density at radius 1 is 1.22 bits per heavy atom. The molecular weight excluding hydrogens is 443 g/mol. The summed E-state index contributed by atoms with van der Waals surface area (Å²) in [5.74, 6) is 0.318. The van der Waals surface area contributed by atoms with Gasteiger partial charge in [0.2, 0.25) is 5.88 Å². The van der Waals surface area contributed by atoms with E-state index >= 15 is 0 Å². The molecule has 1 amide bonds. The zero-order valence-corrected chi connectivity index (χ0v) is 18.4. The van der Waals surface area contributed by atoms with Gasteiger partial charge in [-0.25, -0.2) is 9.97 Å². The number of methoxy groups -OCH3 is 1. The maximum Gasteiger partial charge on any atom is 0.417 e. The molecule has 0 spiro atoms. The molecule has 11 heteroatoms. The third-order valence-electron chi connectivity index (χ3n) is 5.36. The van der Waals surface area contributed by atoms with Gasteiger partial charge in [-0.05, 0) is 12.1 Å². The Bertz CT molecular complexity index is 1130. The Morgan fingerprint density at radius 2 is 1.97 bits per heavy atom. The van der Waals surface area contributed by atoms with Crippen LogP contribution in [0, 0.1) is 0 Å². The second-order valence-corrected chi connectivity index (χ2v) is 8.25. The quantitative estimate of drug-likeness (QED) is 0.623. The molecule has 4 heterocycles. The Labute approximate surface area is 186 Å². The molecule has 32 heavy (non-hydrogen) atoms. The van der Waals surface area contributed by atoms with E-state index < -0.39 is 17.6 Å². The van der Waals surface area contributed by atoms with Crippen LogP contribution in [0.4, 0.5) is 19.0 Å². The Balaban J connectivity index is 1.56. The van der Waals surface area contributed by atoms with E-state index in [1.807, 2.05) is 17.0 Å². The largest absolute Gasteiger partial charge is 0.481 e. The number of nitrogens with one attached hydrogen (secondary N) is 1. The van der Waals surface area contributed by atoms with Crippen LogP contribution in [0.3, 0.4) is 0 Å². The van der Waals surface area contributed by atoms with Crippen molar-refractivity contribution >= 4 is 33.3 Å². The fraction of sp³-hybridized carbons (Fsp3) is 0.381. The molecule has 0 aliphatic carbocycles. The maximum absolute atomic E-state index is 13.8. The van der Waals surface area contributed by atoms with Crippen molar-refractivity contribution < 1.29 is 22.7 Å². The molecule has 0 radical (unpaired) electrons. The number of thiophene rings is 1. The molecule has 1 fully saturated rings. The fourth-order valence-electron chi connectivity index (χ4n) is 3.69. The summed E-state index contributed by atoms with van der Waals surface area (Å²) in [5, 5.41) is 3.89. The van der Waals surface area contributed by atoms with Crippen molar-refractivity contribution in [2.45, 2.75) is 12.7 Å². The molecule has 0 unspecified atom stereocenters. The molecule has 0 saturated carbocycles. The van der Waals surface area contributed by atoms with Crippen LogP contribution >= 0.6 is 11.3 Å². The zero-order chi connectivity index (χ0) is 22.9. The minimum atomic E-state index is -4.54. The molecule has 3 aromatic rings. The van der Waals surface area contributed by atoms with Crippen molar-refractivity contribution in [1.82, 2.24) is 20.2 Å². The topological polar surface area (TPSA) is 70.6 Å². The fourth-order valence-corrected chi connectivity index (χ4v) is 4.71. The first-order valence-electron chi connectivity index (χ1n) is 9.99. The van der Waals surface area contributed by atoms with Crippen LogP contribution in [0.5, 0.6) is 5.88 Å². The van der Waals surface area contributed by atoms with Crippen LogP contribution in [0.25, 0.3) is 10.2 Å². The summed E-state index contributed by atoms with van der Waals surface area (Å²) in [5.41, 5.74) is 0.343. The van der Waals surface area contributed by atoms with Crippen molar-refractivity contribution in [3.05, 3.63) is 46.5 Å². The van der Waals surface area contributed by atoms with Crippen LogP contribution in [0.2, 0.25) is 0 Å². The maximum atomic E-state index is 13.8. The predicted octanol–water partition coefficient (Wildman–Crippen LogP) is 3.40. The van der Waals surface area contributed by atoms with Gasteiger partial charge in [-0.1, -0.05) is 6.07 Å². The molecule has 0 aromatic carbocycles. The van der Waals surface area contributed by atoms with Crippen molar-refractivity contribution in [2.24, 2.45) is 0 Å². The molecule has 1 saturated heterocycles. The summed E-state index contributed by atoms with van der Waals surface area (Å²) in [7, 11) is 3.00. The van der Waals surface area contributed by atoms with E-state index in [0.717, 1.165) is 23.1 Å². The summed E-state index contributed by atoms with van der Waals surface area (Å²) < 4.78 is 46.4. The highest BCUT2D eigenvalue weighted by Gasteiger charge is 2.36. The molecule has 1 aliphatic heterocycles. The van der Waals surface area contributed by atoms with Gasteiger partial charge in [0.15, 0.2) is 0 Å². The average Bonchev–Trinajstić information content (AvgIpc) is 3.22. The van der Waals surface area contributed by atoms with Crippen LogP contribution in [-0.4, -0.2) is 61.1 Å². The number of carbonyl (C=O) groups excluding carboxylic acids is 1. The highest BCUT2D eigenvalue weighted by Crippen LogP contribution is 2.40. The van der Waals surface area contributed by atoms with Crippen molar-refractivity contribution in [1.29, 1.82) is 0 Å². The smallest absolute Gasteiger partial charge is 0.417 e. The molecule has 7 nitrogen and oxygen atoms in total. The van der Waals surface area contributed by atoms with E-state index in [1.165, 1.54) is 12.4 Å². The predicted molar refractivity (Wildman–Crippen MR) is 116 cm³/mol. The summed E-state index contributed by atoms with van der Waals surface area (Å²) in [6, 6.07) is 6.65. The van der Waals surface area contributed by atoms with Gasteiger partial charge in [0, 0.05) is 51.2 Å². The number of hydrogen-bond donors (Lipinski definition) is 1. The summed E-state index contributed by atoms with van der Waals surface area (Å²) in [4.78, 5) is 25.0. The minimum Gasteiger partial charge on any atom is -0.481 e. The first kappa shape index (κ1) is 22.3. The molecule has 1 N–H and O–H groups in total. The van der Waals surface area contributed by atoms with E-state index in [9.17, 15) is 18.0 Å². The second kappa shape index (κ2) is 8.91. The number of piperazine rings is 1. The molecule has 1 aliphatic rings. The number of pyridine rings is 2. The lowest BCUT2D eigenvalue weighted by atomic mass is 10.1. The summed E-state index contributed by atoms with van der Waals surface area (Å²) in [6.07, 6.45) is -4.54. The lowest BCUT2D eigenvalue weighted by Gasteiger charge is -2.35. The molecule has 3 aromatic heterocycles. The Hall–Kier alpha value is -2.92. The monoisotopic (exact) mass is 465 g/mol. The van der Waals surface area contributed by atoms with Gasteiger partial charge in [-0.15, -0.1) is 11.3 Å². The SMILES string of the molecule is CNC(=O)c1csc2c(C(F)(F)F)cc(N3CCN(Cc4cccc(OC)n4)CC3)nc12. The van der Waals surface area contributed by atoms with Gasteiger partial charge in [0.1, 0.15) is 5.82 Å². The van der Waals surface area contributed by atoms with Crippen LogP contribution in [0.15, 0.2) is 29.6 Å². The lowest BCUT2D eigenvalue weighted by Crippen LogP contribution is -2.46. The zero-order valence-electron chi connectivity index (χ0n) is 17.6. The third kappa shape index (κ3) is 4.49. The van der Waals surface area contributed by atoms with E-state index in [0.29, 0.717) is 38.6 Å². The number of halogens is 3. The van der Waals surface area contributed by atoms with Crippen molar-refractivity contribution in [3.8, 4) is 5.88 Å². The number of carbonyl (C=O) groups is 1. The van der Waals surface area contributed by atoms with E-state index in [1.54, 1.807) is 13.2 Å². The first-order chi connectivity index (χ1) is 15.3. The van der Waals surface area contributed by atoms with E-state index in [4.69, 9.17) is 4.74 Å². The average molecular weight is 466 g/mol. The number of hydrogen-bond acceptors (Lipinski definition) is 7. The number of fused-ring (bicyclic) bond motifs is 1. The van der Waals surface area contributed by atoms with Gasteiger partial charge in [0.25, 0.3) is 5.91 Å². The van der Waals surface area contributed by atoms with Gasteiger partial charge in [-0.2, -0.15) is 13.2 Å². The molecule has 0 atom stereocenters. The lowest BCUT2D eigenvalue weighted by molar-refractivity contribution is -0.136. The highest BCUT2D eigenvalue weighted by molar-refractivity contribution is 7.17. The minimum absolute atomic E-state index is 0.0254. The molecule has 170 valence electrons. The number of alkyl halides is 3. The summed E-state index contributed by atoms with van der Waals surface area (Å²) in [6.45, 7) is 2.94. The Morgan fingerprint density at radius 3 is 2.62 bits per heavy atom. The third-order valence-corrected chi connectivity index (χ3v) is 6.36. The van der Waals surface area contributed by atoms with Gasteiger partial charge in [-0.3, -0.25) is 9.69 Å². The number of ether oxygens (including phenoxy) is 1. The van der Waals surface area contributed by atoms with Crippen LogP contribution in [0.1, 0.15) is 21.6 Å². The van der Waals surface area contributed by atoms with Gasteiger partial charge in [0.05, 0.1) is 34.1 Å². The van der Waals surface area contributed by atoms with Crippen molar-refractivity contribution in [2.75, 3.05) is 45.2 Å². The van der Waals surface area contributed by atoms with Gasteiger partial charge < -0.3 is 15.0 Å². The van der Waals surface area contributed by atoms with Crippen LogP contribution < -0.4 is 15.0 Å².